The zero-order chi connectivity index (χ0) is 24.5. The second-order valence-corrected chi connectivity index (χ2v) is 9.01. The van der Waals surface area contributed by atoms with Crippen molar-refractivity contribution >= 4 is 33.3 Å². The third-order valence-corrected chi connectivity index (χ3v) is 6.84. The molecule has 5 aromatic carbocycles. The fraction of sp³-hybridized carbons (Fsp3) is 0.0588. The predicted molar refractivity (Wildman–Crippen MR) is 153 cm³/mol. The summed E-state index contributed by atoms with van der Waals surface area (Å²) in [6.07, 6.45) is 2.15. The number of furan rings is 1. The predicted octanol–water partition coefficient (Wildman–Crippen LogP) is 9.98. The molecule has 1 aromatic heterocycles. The van der Waals surface area contributed by atoms with E-state index in [2.05, 4.69) is 128 Å². The molecule has 6 aromatic rings. The molecule has 0 aliphatic rings. The third kappa shape index (κ3) is 3.87. The molecular formula is C34H27NO. The lowest BCUT2D eigenvalue weighted by molar-refractivity contribution is 0.670. The van der Waals surface area contributed by atoms with Gasteiger partial charge in [-0.2, -0.15) is 0 Å². The molecule has 2 heteroatoms. The first-order valence-corrected chi connectivity index (χ1v) is 12.3. The van der Waals surface area contributed by atoms with Crippen LogP contribution in [0, 0.1) is 0 Å². The molecule has 0 fully saturated rings. The Hall–Kier alpha value is -4.56. The Morgan fingerprint density at radius 1 is 0.583 bits per heavy atom. The number of rotatable bonds is 5. The van der Waals surface area contributed by atoms with Crippen LogP contribution in [0.1, 0.15) is 13.8 Å². The van der Waals surface area contributed by atoms with Crippen LogP contribution in [0.5, 0.6) is 0 Å². The van der Waals surface area contributed by atoms with Crippen LogP contribution < -0.4 is 4.90 Å². The molecule has 1 heterocycles. The molecule has 0 aliphatic carbocycles. The minimum absolute atomic E-state index is 0.922. The third-order valence-electron chi connectivity index (χ3n) is 6.84. The van der Waals surface area contributed by atoms with Crippen LogP contribution in [0.4, 0.5) is 11.4 Å². The van der Waals surface area contributed by atoms with Gasteiger partial charge in [-0.25, -0.2) is 0 Å². The van der Waals surface area contributed by atoms with Crippen molar-refractivity contribution in [3.63, 3.8) is 0 Å². The summed E-state index contributed by atoms with van der Waals surface area (Å²) in [5.41, 5.74) is 9.98. The first kappa shape index (κ1) is 21.9. The summed E-state index contributed by atoms with van der Waals surface area (Å²) in [5.74, 6) is 0. The Morgan fingerprint density at radius 2 is 1.17 bits per heavy atom. The van der Waals surface area contributed by atoms with Gasteiger partial charge in [-0.05, 0) is 60.9 Å². The largest absolute Gasteiger partial charge is 0.455 e. The van der Waals surface area contributed by atoms with E-state index in [1.54, 1.807) is 0 Å². The second-order valence-electron chi connectivity index (χ2n) is 9.01. The van der Waals surface area contributed by atoms with Crippen molar-refractivity contribution in [2.24, 2.45) is 0 Å². The number of allylic oxidation sites excluding steroid dienone is 2. The van der Waals surface area contributed by atoms with E-state index in [1.165, 1.54) is 16.8 Å². The molecule has 0 aliphatic heterocycles. The zero-order valence-electron chi connectivity index (χ0n) is 20.5. The number of fused-ring (bicyclic) bond motifs is 3. The Kier molecular flexibility index (Phi) is 5.63. The molecular weight excluding hydrogens is 438 g/mol. The second kappa shape index (κ2) is 9.24. The number of benzene rings is 5. The van der Waals surface area contributed by atoms with Crippen LogP contribution in [0.25, 0.3) is 44.2 Å². The van der Waals surface area contributed by atoms with Gasteiger partial charge in [0.1, 0.15) is 11.2 Å². The molecule has 0 spiro atoms. The SMILES string of the molecule is C/C=C(\C)N(c1ccc(-c2ccccc2)cc1)c1ccc(-c2cccc3c2oc2ccccc23)cc1. The molecule has 0 N–H and O–H groups in total. The van der Waals surface area contributed by atoms with Crippen molar-refractivity contribution in [1.82, 2.24) is 0 Å². The summed E-state index contributed by atoms with van der Waals surface area (Å²) in [6.45, 7) is 4.23. The van der Waals surface area contributed by atoms with Gasteiger partial charge in [-0.15, -0.1) is 0 Å². The lowest BCUT2D eigenvalue weighted by atomic mass is 10.0. The van der Waals surface area contributed by atoms with Crippen LogP contribution in [-0.2, 0) is 0 Å². The molecule has 0 unspecified atom stereocenters. The zero-order valence-corrected chi connectivity index (χ0v) is 20.5. The molecule has 0 saturated heterocycles. The van der Waals surface area contributed by atoms with Crippen LogP contribution >= 0.6 is 0 Å². The van der Waals surface area contributed by atoms with Crippen LogP contribution in [0.15, 0.2) is 138 Å². The molecule has 36 heavy (non-hydrogen) atoms. The Morgan fingerprint density at radius 3 is 1.86 bits per heavy atom. The van der Waals surface area contributed by atoms with Gasteiger partial charge in [0.25, 0.3) is 0 Å². The maximum atomic E-state index is 6.27. The standard InChI is InChI=1S/C34H27NO/c1-3-24(2)35(28-20-16-26(17-21-28)25-10-5-4-6-11-25)29-22-18-27(19-23-29)30-13-9-14-32-31-12-7-8-15-33(31)36-34(30)32/h3-23H,1-2H3/b24-3+. The normalized spacial score (nSPS) is 11.8. The smallest absolute Gasteiger partial charge is 0.143 e. The van der Waals surface area contributed by atoms with Crippen molar-refractivity contribution < 1.29 is 4.42 Å². The lowest BCUT2D eigenvalue weighted by Crippen LogP contribution is -2.14. The molecule has 0 radical (unpaired) electrons. The van der Waals surface area contributed by atoms with Gasteiger partial charge in [0.15, 0.2) is 0 Å². The minimum Gasteiger partial charge on any atom is -0.455 e. The molecule has 0 bridgehead atoms. The average molecular weight is 466 g/mol. The van der Waals surface area contributed by atoms with Crippen molar-refractivity contribution in [2.75, 3.05) is 4.90 Å². The Balaban J connectivity index is 1.37. The Bertz CT molecular complexity index is 1670. The number of anilines is 2. The first-order valence-electron chi connectivity index (χ1n) is 12.3. The van der Waals surface area contributed by atoms with E-state index in [0.29, 0.717) is 0 Å². The first-order chi connectivity index (χ1) is 17.7. The fourth-order valence-corrected chi connectivity index (χ4v) is 4.88. The molecule has 2 nitrogen and oxygen atoms in total. The monoisotopic (exact) mass is 465 g/mol. The summed E-state index contributed by atoms with van der Waals surface area (Å²) >= 11 is 0. The van der Waals surface area contributed by atoms with Gasteiger partial charge < -0.3 is 9.32 Å². The highest BCUT2D eigenvalue weighted by Gasteiger charge is 2.14. The summed E-state index contributed by atoms with van der Waals surface area (Å²) in [6, 6.07) is 42.6. The van der Waals surface area contributed by atoms with E-state index in [4.69, 9.17) is 4.42 Å². The number of hydrogen-bond donors (Lipinski definition) is 0. The lowest BCUT2D eigenvalue weighted by Gasteiger charge is -2.26. The van der Waals surface area contributed by atoms with E-state index >= 15 is 0 Å². The summed E-state index contributed by atoms with van der Waals surface area (Å²) in [5, 5.41) is 2.30. The molecule has 0 atom stereocenters. The Labute approximate surface area is 211 Å². The maximum Gasteiger partial charge on any atom is 0.143 e. The topological polar surface area (TPSA) is 16.4 Å². The molecule has 174 valence electrons. The number of nitrogens with zero attached hydrogens (tertiary/aromatic N) is 1. The van der Waals surface area contributed by atoms with Gasteiger partial charge >= 0.3 is 0 Å². The van der Waals surface area contributed by atoms with Gasteiger partial charge in [0.2, 0.25) is 0 Å². The fourth-order valence-electron chi connectivity index (χ4n) is 4.88. The van der Waals surface area contributed by atoms with Crippen molar-refractivity contribution in [3.8, 4) is 22.3 Å². The average Bonchev–Trinajstić information content (AvgIpc) is 3.33. The highest BCUT2D eigenvalue weighted by Crippen LogP contribution is 2.37. The van der Waals surface area contributed by atoms with Crippen LogP contribution in [0.3, 0.4) is 0 Å². The van der Waals surface area contributed by atoms with Crippen molar-refractivity contribution in [1.29, 1.82) is 0 Å². The van der Waals surface area contributed by atoms with Gasteiger partial charge in [-0.1, -0.05) is 97.1 Å². The highest BCUT2D eigenvalue weighted by molar-refractivity contribution is 6.09. The number of para-hydroxylation sites is 2. The van der Waals surface area contributed by atoms with Gasteiger partial charge in [0.05, 0.1) is 0 Å². The van der Waals surface area contributed by atoms with E-state index < -0.39 is 0 Å². The van der Waals surface area contributed by atoms with Crippen molar-refractivity contribution in [3.05, 3.63) is 133 Å². The van der Waals surface area contributed by atoms with Gasteiger partial charge in [0, 0.05) is 33.4 Å². The van der Waals surface area contributed by atoms with E-state index in [-0.39, 0.29) is 0 Å². The highest BCUT2D eigenvalue weighted by atomic mass is 16.3. The molecule has 0 saturated carbocycles. The van der Waals surface area contributed by atoms with Gasteiger partial charge in [-0.3, -0.25) is 0 Å². The van der Waals surface area contributed by atoms with Crippen molar-refractivity contribution in [2.45, 2.75) is 13.8 Å². The van der Waals surface area contributed by atoms with Crippen LogP contribution in [0.2, 0.25) is 0 Å². The number of hydrogen-bond acceptors (Lipinski definition) is 2. The van der Waals surface area contributed by atoms with E-state index in [1.807, 2.05) is 18.2 Å². The van der Waals surface area contributed by atoms with E-state index in [9.17, 15) is 0 Å². The quantitative estimate of drug-likeness (QED) is 0.252. The maximum absolute atomic E-state index is 6.27. The van der Waals surface area contributed by atoms with Crippen LogP contribution in [-0.4, -0.2) is 0 Å². The summed E-state index contributed by atoms with van der Waals surface area (Å²) in [4.78, 5) is 2.29. The van der Waals surface area contributed by atoms with E-state index in [0.717, 1.165) is 44.4 Å². The minimum atomic E-state index is 0.922. The molecule has 0 amide bonds. The summed E-state index contributed by atoms with van der Waals surface area (Å²) < 4.78 is 6.27. The molecule has 6 rings (SSSR count). The summed E-state index contributed by atoms with van der Waals surface area (Å²) in [7, 11) is 0.